The van der Waals surface area contributed by atoms with E-state index in [1.165, 1.54) is 23.8 Å². The molecule has 0 aromatic heterocycles. The normalized spacial score (nSPS) is 21.2. The molecule has 3 rings (SSSR count). The van der Waals surface area contributed by atoms with Crippen molar-refractivity contribution in [3.05, 3.63) is 83.1 Å². The number of amides is 1. The minimum Gasteiger partial charge on any atom is -0.468 e. The highest BCUT2D eigenvalue weighted by Gasteiger charge is 2.40. The molecule has 1 fully saturated rings. The van der Waals surface area contributed by atoms with Gasteiger partial charge in [0.1, 0.15) is 6.54 Å². The number of hydrogen-bond donors (Lipinski definition) is 0. The summed E-state index contributed by atoms with van der Waals surface area (Å²) in [5.41, 5.74) is 5.92. The first-order valence-electron chi connectivity index (χ1n) is 11.7. The third kappa shape index (κ3) is 6.42. The van der Waals surface area contributed by atoms with Gasteiger partial charge >= 0.3 is 5.97 Å². The molecule has 0 bridgehead atoms. The summed E-state index contributed by atoms with van der Waals surface area (Å²) in [4.78, 5) is 30.0. The molecule has 0 aliphatic carbocycles. The van der Waals surface area contributed by atoms with Crippen LogP contribution < -0.4 is 0 Å². The van der Waals surface area contributed by atoms with Gasteiger partial charge in [0.15, 0.2) is 0 Å². The van der Waals surface area contributed by atoms with Crippen molar-refractivity contribution in [2.75, 3.05) is 20.2 Å². The van der Waals surface area contributed by atoms with E-state index in [0.29, 0.717) is 19.5 Å². The van der Waals surface area contributed by atoms with Crippen LogP contribution in [0.15, 0.2) is 71.9 Å². The Morgan fingerprint density at radius 2 is 1.67 bits per heavy atom. The van der Waals surface area contributed by atoms with Gasteiger partial charge in [-0.2, -0.15) is 0 Å². The first kappa shape index (κ1) is 24.9. The first-order chi connectivity index (χ1) is 15.7. The van der Waals surface area contributed by atoms with E-state index in [-0.39, 0.29) is 24.5 Å². The Balaban J connectivity index is 2.19. The number of benzene rings is 2. The first-order valence-corrected chi connectivity index (χ1v) is 15.2. The highest BCUT2D eigenvalue weighted by molar-refractivity contribution is 6.81. The van der Waals surface area contributed by atoms with Crippen molar-refractivity contribution in [2.24, 2.45) is 0 Å². The van der Waals surface area contributed by atoms with Gasteiger partial charge < -0.3 is 9.64 Å². The smallest absolute Gasteiger partial charge is 0.325 e. The summed E-state index contributed by atoms with van der Waals surface area (Å²) in [5.74, 6) is -0.405. The van der Waals surface area contributed by atoms with Crippen LogP contribution in [0, 0.1) is 0 Å². The summed E-state index contributed by atoms with van der Waals surface area (Å²) in [6.45, 7) is 10.0. The summed E-state index contributed by atoms with van der Waals surface area (Å²) >= 11 is 0. The Morgan fingerprint density at radius 3 is 2.21 bits per heavy atom. The van der Waals surface area contributed by atoms with E-state index < -0.39 is 14.0 Å². The fourth-order valence-corrected chi connectivity index (χ4v) is 5.97. The summed E-state index contributed by atoms with van der Waals surface area (Å²) in [7, 11) is -0.268. The maximum Gasteiger partial charge on any atom is 0.325 e. The molecule has 1 aliphatic rings. The number of ether oxygens (including phenoxy) is 1. The van der Waals surface area contributed by atoms with E-state index in [9.17, 15) is 9.59 Å². The lowest BCUT2D eigenvalue weighted by Crippen LogP contribution is -2.47. The molecule has 1 amide bonds. The van der Waals surface area contributed by atoms with Crippen molar-refractivity contribution in [2.45, 2.75) is 51.6 Å². The highest BCUT2D eigenvalue weighted by Crippen LogP contribution is 2.37. The molecule has 1 aliphatic heterocycles. The Hall–Kier alpha value is -2.70. The molecule has 6 heteroatoms. The fourth-order valence-electron chi connectivity index (χ4n) is 4.61. The van der Waals surface area contributed by atoms with Gasteiger partial charge in [-0.1, -0.05) is 92.9 Å². The standard InChI is InChI=1S/C27H36N2O3Si/c1-6-24-27(31)28(19-25(30)32-2)18-23(20-33(3,4)5)26(22-15-11-8-12-16-22)29(24)17-21-13-9-7-10-14-21/h7-16,20,24,26H,6,17-19H2,1-5H3/b23-20+/t24-,26?/m0/s1. The van der Waals surface area contributed by atoms with Gasteiger partial charge in [0.2, 0.25) is 5.91 Å². The number of rotatable bonds is 7. The maximum absolute atomic E-state index is 13.8. The SMILES string of the molecule is CC[C@H]1C(=O)N(CC(=O)OC)C/C(=C\[Si](C)(C)C)C(c2ccccc2)N1Cc1ccccc1. The molecule has 1 saturated heterocycles. The molecule has 2 aromatic rings. The van der Waals surface area contributed by atoms with Crippen LogP contribution in [-0.4, -0.2) is 56.0 Å². The van der Waals surface area contributed by atoms with Crippen molar-refractivity contribution < 1.29 is 14.3 Å². The predicted octanol–water partition coefficient (Wildman–Crippen LogP) is 4.83. The lowest BCUT2D eigenvalue weighted by molar-refractivity contribution is -0.148. The lowest BCUT2D eigenvalue weighted by atomic mass is 9.96. The zero-order valence-corrected chi connectivity index (χ0v) is 21.5. The molecule has 2 aromatic carbocycles. The molecule has 0 saturated carbocycles. The number of carbonyl (C=O) groups is 2. The monoisotopic (exact) mass is 464 g/mol. The van der Waals surface area contributed by atoms with Crippen LogP contribution >= 0.6 is 0 Å². The van der Waals surface area contributed by atoms with E-state index >= 15 is 0 Å². The molecule has 0 radical (unpaired) electrons. The van der Waals surface area contributed by atoms with E-state index in [4.69, 9.17) is 4.74 Å². The third-order valence-electron chi connectivity index (χ3n) is 5.93. The minimum atomic E-state index is -1.64. The van der Waals surface area contributed by atoms with Crippen LogP contribution in [0.4, 0.5) is 0 Å². The molecule has 5 nitrogen and oxygen atoms in total. The molecule has 0 N–H and O–H groups in total. The zero-order chi connectivity index (χ0) is 24.0. The minimum absolute atomic E-state index is 0.0151. The number of nitrogens with zero attached hydrogens (tertiary/aromatic N) is 2. The molecule has 176 valence electrons. The van der Waals surface area contributed by atoms with Crippen LogP contribution in [0.5, 0.6) is 0 Å². The number of methoxy groups -OCH3 is 1. The fraction of sp³-hybridized carbons (Fsp3) is 0.407. The second-order valence-corrected chi connectivity index (χ2v) is 14.8. The molecule has 2 atom stereocenters. The second kappa shape index (κ2) is 10.9. The van der Waals surface area contributed by atoms with Gasteiger partial charge in [0.25, 0.3) is 0 Å². The van der Waals surface area contributed by atoms with E-state index in [0.717, 1.165) is 0 Å². The van der Waals surface area contributed by atoms with E-state index in [1.807, 2.05) is 31.2 Å². The van der Waals surface area contributed by atoms with Crippen molar-refractivity contribution in [1.82, 2.24) is 9.80 Å². The van der Waals surface area contributed by atoms with Crippen LogP contribution in [0.3, 0.4) is 0 Å². The summed E-state index contributed by atoms with van der Waals surface area (Å²) < 4.78 is 4.92. The quantitative estimate of drug-likeness (QED) is 0.435. The van der Waals surface area contributed by atoms with Crippen molar-refractivity contribution in [1.29, 1.82) is 0 Å². The Labute approximate surface area is 199 Å². The average molecular weight is 465 g/mol. The molecule has 1 unspecified atom stereocenters. The van der Waals surface area contributed by atoms with Crippen LogP contribution in [-0.2, 0) is 20.9 Å². The summed E-state index contributed by atoms with van der Waals surface area (Å²) in [6.07, 6.45) is 0.660. The largest absolute Gasteiger partial charge is 0.468 e. The Kier molecular flexibility index (Phi) is 8.27. The van der Waals surface area contributed by atoms with Crippen molar-refractivity contribution >= 4 is 20.0 Å². The van der Waals surface area contributed by atoms with Gasteiger partial charge in [0.05, 0.1) is 27.3 Å². The van der Waals surface area contributed by atoms with Crippen LogP contribution in [0.1, 0.15) is 30.5 Å². The maximum atomic E-state index is 13.8. The number of carbonyl (C=O) groups excluding carboxylic acids is 2. The van der Waals surface area contributed by atoms with E-state index in [1.54, 1.807) is 4.90 Å². The predicted molar refractivity (Wildman–Crippen MR) is 135 cm³/mol. The Bertz CT molecular complexity index is 970. The van der Waals surface area contributed by atoms with Crippen molar-refractivity contribution in [3.8, 4) is 0 Å². The molecule has 1 heterocycles. The Morgan fingerprint density at radius 1 is 1.06 bits per heavy atom. The van der Waals surface area contributed by atoms with Gasteiger partial charge in [-0.25, -0.2) is 0 Å². The van der Waals surface area contributed by atoms with Gasteiger partial charge in [-0.15, -0.1) is 0 Å². The zero-order valence-electron chi connectivity index (χ0n) is 20.5. The van der Waals surface area contributed by atoms with Gasteiger partial charge in [-0.05, 0) is 23.1 Å². The third-order valence-corrected chi connectivity index (χ3v) is 7.17. The highest BCUT2D eigenvalue weighted by atomic mass is 28.3. The summed E-state index contributed by atoms with van der Waals surface area (Å²) in [6, 6.07) is 20.4. The molecular formula is C27H36N2O3Si. The second-order valence-electron chi connectivity index (χ2n) is 9.75. The van der Waals surface area contributed by atoms with Gasteiger partial charge in [0, 0.05) is 13.1 Å². The van der Waals surface area contributed by atoms with Gasteiger partial charge in [-0.3, -0.25) is 14.5 Å². The number of hydrogen-bond acceptors (Lipinski definition) is 4. The van der Waals surface area contributed by atoms with Crippen molar-refractivity contribution in [3.63, 3.8) is 0 Å². The average Bonchev–Trinajstić information content (AvgIpc) is 2.88. The van der Waals surface area contributed by atoms with E-state index in [2.05, 4.69) is 66.6 Å². The lowest BCUT2D eigenvalue weighted by Gasteiger charge is -2.36. The van der Waals surface area contributed by atoms with Crippen LogP contribution in [0.25, 0.3) is 0 Å². The topological polar surface area (TPSA) is 49.9 Å². The van der Waals surface area contributed by atoms with Crippen LogP contribution in [0.2, 0.25) is 19.6 Å². The molecule has 0 spiro atoms. The summed E-state index contributed by atoms with van der Waals surface area (Å²) in [5, 5.41) is 0. The molecule has 33 heavy (non-hydrogen) atoms. The number of esters is 1. The molecular weight excluding hydrogens is 428 g/mol.